The first kappa shape index (κ1) is 19.2. The largest absolute Gasteiger partial charge is 0.506 e. The van der Waals surface area contributed by atoms with Crippen molar-refractivity contribution >= 4 is 68.2 Å². The van der Waals surface area contributed by atoms with E-state index < -0.39 is 0 Å². The number of phenols is 1. The van der Waals surface area contributed by atoms with E-state index in [-0.39, 0.29) is 5.75 Å². The van der Waals surface area contributed by atoms with Crippen LogP contribution in [0.2, 0.25) is 0 Å². The summed E-state index contributed by atoms with van der Waals surface area (Å²) in [6.07, 6.45) is 1.66. The number of aromatic hydroxyl groups is 1. The van der Waals surface area contributed by atoms with Crippen molar-refractivity contribution in [2.75, 3.05) is 7.11 Å². The number of nitrogens with zero attached hydrogens (tertiary/aromatic N) is 2. The zero-order valence-corrected chi connectivity index (χ0v) is 19.0. The second-order valence-corrected chi connectivity index (χ2v) is 8.39. The quantitative estimate of drug-likeness (QED) is 0.226. The number of ether oxygens (including phenoxy) is 1. The summed E-state index contributed by atoms with van der Waals surface area (Å²) < 4.78 is 13.0. The summed E-state index contributed by atoms with van der Waals surface area (Å²) in [6, 6.07) is 16.9. The second kappa shape index (κ2) is 8.08. The van der Waals surface area contributed by atoms with E-state index in [9.17, 15) is 5.11 Å². The van der Waals surface area contributed by atoms with Crippen LogP contribution >= 0.6 is 45.2 Å². The monoisotopic (exact) mass is 596 g/mol. The number of halogens is 2. The average molecular weight is 596 g/mol. The first-order valence-corrected chi connectivity index (χ1v) is 10.5. The summed E-state index contributed by atoms with van der Waals surface area (Å²) in [4.78, 5) is 9.06. The van der Waals surface area contributed by atoms with E-state index in [0.29, 0.717) is 22.6 Å². The van der Waals surface area contributed by atoms with Crippen LogP contribution in [-0.2, 0) is 0 Å². The molecule has 0 saturated heterocycles. The molecule has 1 heterocycles. The lowest BCUT2D eigenvalue weighted by Gasteiger charge is -2.02. The molecule has 0 radical (unpaired) electrons. The van der Waals surface area contributed by atoms with E-state index in [2.05, 4.69) is 55.2 Å². The Bertz CT molecular complexity index is 1200. The number of methoxy groups -OCH3 is 1. The van der Waals surface area contributed by atoms with Crippen LogP contribution in [0.1, 0.15) is 5.56 Å². The second-order valence-electron chi connectivity index (χ2n) is 5.99. The van der Waals surface area contributed by atoms with Gasteiger partial charge in [-0.25, -0.2) is 4.98 Å². The third-order valence-corrected chi connectivity index (χ3v) is 5.54. The molecule has 0 spiro atoms. The van der Waals surface area contributed by atoms with Gasteiger partial charge >= 0.3 is 0 Å². The number of phenolic OH excluding ortho intramolecular Hbond substituents is 1. The van der Waals surface area contributed by atoms with E-state index >= 15 is 0 Å². The summed E-state index contributed by atoms with van der Waals surface area (Å²) in [7, 11) is 1.63. The van der Waals surface area contributed by atoms with Gasteiger partial charge in [0, 0.05) is 20.9 Å². The zero-order valence-electron chi connectivity index (χ0n) is 14.7. The van der Waals surface area contributed by atoms with Crippen LogP contribution in [0.4, 0.5) is 5.69 Å². The van der Waals surface area contributed by atoms with Gasteiger partial charge in [0.1, 0.15) is 17.0 Å². The first-order valence-electron chi connectivity index (χ1n) is 8.30. The highest BCUT2D eigenvalue weighted by atomic mass is 127. The standard InChI is InChI=1S/C21H14I2N2O3/c1-27-16-4-2-3-12(8-16)21-25-18-10-15(5-6-19(18)28-21)24-11-13-7-14(22)9-17(23)20(13)26/h2-11,26H,1H3. The molecular formula is C21H14I2N2O3. The van der Waals surface area contributed by atoms with E-state index in [1.54, 1.807) is 13.3 Å². The molecule has 0 aliphatic carbocycles. The fourth-order valence-corrected chi connectivity index (χ4v) is 4.59. The first-order chi connectivity index (χ1) is 13.5. The van der Waals surface area contributed by atoms with Gasteiger partial charge in [-0.3, -0.25) is 4.99 Å². The summed E-state index contributed by atoms with van der Waals surface area (Å²) in [5, 5.41) is 10.2. The van der Waals surface area contributed by atoms with Crippen molar-refractivity contribution < 1.29 is 14.3 Å². The number of fused-ring (bicyclic) bond motifs is 1. The Morgan fingerprint density at radius 3 is 2.79 bits per heavy atom. The van der Waals surface area contributed by atoms with E-state index in [1.165, 1.54) is 0 Å². The van der Waals surface area contributed by atoms with Gasteiger partial charge < -0.3 is 14.3 Å². The molecule has 5 nitrogen and oxygen atoms in total. The van der Waals surface area contributed by atoms with Gasteiger partial charge in [0.15, 0.2) is 5.58 Å². The third-order valence-electron chi connectivity index (χ3n) is 4.10. The lowest BCUT2D eigenvalue weighted by atomic mass is 10.2. The summed E-state index contributed by atoms with van der Waals surface area (Å²) in [5.74, 6) is 1.50. The van der Waals surface area contributed by atoms with Crippen LogP contribution in [0.3, 0.4) is 0 Å². The molecule has 4 aromatic rings. The van der Waals surface area contributed by atoms with Crippen molar-refractivity contribution in [1.82, 2.24) is 4.98 Å². The Balaban J connectivity index is 1.67. The van der Waals surface area contributed by atoms with Gasteiger partial charge in [-0.15, -0.1) is 0 Å². The molecular weight excluding hydrogens is 582 g/mol. The zero-order chi connectivity index (χ0) is 19.7. The van der Waals surface area contributed by atoms with Gasteiger partial charge in [0.05, 0.1) is 16.4 Å². The van der Waals surface area contributed by atoms with Crippen molar-refractivity contribution in [3.63, 3.8) is 0 Å². The Kier molecular flexibility index (Phi) is 5.54. The minimum absolute atomic E-state index is 0.229. The Hall–Kier alpha value is -2.14. The molecule has 7 heteroatoms. The predicted octanol–water partition coefficient (Wildman–Crippen LogP) is 6.17. The smallest absolute Gasteiger partial charge is 0.227 e. The molecule has 0 atom stereocenters. The van der Waals surface area contributed by atoms with Crippen molar-refractivity contribution in [3.8, 4) is 23.0 Å². The van der Waals surface area contributed by atoms with Crippen LogP contribution in [0, 0.1) is 7.14 Å². The van der Waals surface area contributed by atoms with Crippen LogP contribution in [0.5, 0.6) is 11.5 Å². The molecule has 0 saturated carbocycles. The number of rotatable bonds is 4. The molecule has 0 bridgehead atoms. The normalized spacial score (nSPS) is 11.4. The molecule has 0 aliphatic heterocycles. The molecule has 1 N–H and O–H groups in total. The van der Waals surface area contributed by atoms with Crippen molar-refractivity contribution in [2.45, 2.75) is 0 Å². The van der Waals surface area contributed by atoms with Crippen LogP contribution in [0.25, 0.3) is 22.6 Å². The number of hydrogen-bond acceptors (Lipinski definition) is 5. The molecule has 28 heavy (non-hydrogen) atoms. The maximum Gasteiger partial charge on any atom is 0.227 e. The number of hydrogen-bond donors (Lipinski definition) is 1. The third kappa shape index (κ3) is 4.00. The summed E-state index contributed by atoms with van der Waals surface area (Å²) in [5.41, 5.74) is 3.65. The minimum Gasteiger partial charge on any atom is -0.506 e. The SMILES string of the molecule is COc1cccc(-c2nc3cc(N=Cc4cc(I)cc(I)c4O)ccc3o2)c1. The predicted molar refractivity (Wildman–Crippen MR) is 127 cm³/mol. The number of benzene rings is 3. The van der Waals surface area contributed by atoms with Crippen molar-refractivity contribution in [2.24, 2.45) is 4.99 Å². The van der Waals surface area contributed by atoms with Gasteiger partial charge in [0.2, 0.25) is 5.89 Å². The molecule has 4 rings (SSSR count). The Labute approximate surface area is 188 Å². The Morgan fingerprint density at radius 1 is 1.11 bits per heavy atom. The van der Waals surface area contributed by atoms with Crippen LogP contribution in [0.15, 0.2) is 64.0 Å². The van der Waals surface area contributed by atoms with Gasteiger partial charge in [-0.1, -0.05) is 6.07 Å². The lowest BCUT2D eigenvalue weighted by Crippen LogP contribution is -1.87. The van der Waals surface area contributed by atoms with Crippen molar-refractivity contribution in [3.05, 3.63) is 67.3 Å². The fourth-order valence-electron chi connectivity index (χ4n) is 2.70. The highest BCUT2D eigenvalue weighted by Gasteiger charge is 2.10. The van der Waals surface area contributed by atoms with Crippen LogP contribution < -0.4 is 4.74 Å². The lowest BCUT2D eigenvalue weighted by molar-refractivity contribution is 0.415. The van der Waals surface area contributed by atoms with Gasteiger partial charge in [-0.05, 0) is 93.7 Å². The van der Waals surface area contributed by atoms with E-state index in [0.717, 1.165) is 24.1 Å². The maximum absolute atomic E-state index is 10.2. The molecule has 0 aliphatic rings. The molecule has 3 aromatic carbocycles. The molecule has 1 aromatic heterocycles. The van der Waals surface area contributed by atoms with Gasteiger partial charge in [0.25, 0.3) is 0 Å². The fraction of sp³-hybridized carbons (Fsp3) is 0.0476. The Morgan fingerprint density at radius 2 is 1.96 bits per heavy atom. The van der Waals surface area contributed by atoms with Gasteiger partial charge in [-0.2, -0.15) is 0 Å². The van der Waals surface area contributed by atoms with Crippen molar-refractivity contribution in [1.29, 1.82) is 0 Å². The average Bonchev–Trinajstić information content (AvgIpc) is 3.13. The minimum atomic E-state index is 0.229. The number of aliphatic imine (C=N–C) groups is 1. The molecule has 0 fully saturated rings. The molecule has 0 amide bonds. The van der Waals surface area contributed by atoms with E-state index in [4.69, 9.17) is 9.15 Å². The van der Waals surface area contributed by atoms with Crippen LogP contribution in [-0.4, -0.2) is 23.4 Å². The highest BCUT2D eigenvalue weighted by Crippen LogP contribution is 2.30. The number of oxazole rings is 1. The topological polar surface area (TPSA) is 67.9 Å². The maximum atomic E-state index is 10.2. The summed E-state index contributed by atoms with van der Waals surface area (Å²) in [6.45, 7) is 0. The van der Waals surface area contributed by atoms with E-state index in [1.807, 2.05) is 54.6 Å². The number of aromatic nitrogens is 1. The summed E-state index contributed by atoms with van der Waals surface area (Å²) >= 11 is 4.32. The highest BCUT2D eigenvalue weighted by molar-refractivity contribution is 14.1. The molecule has 0 unspecified atom stereocenters. The molecule has 140 valence electrons.